The maximum absolute atomic E-state index is 5.39. The van der Waals surface area contributed by atoms with E-state index in [0.717, 1.165) is 45.4 Å². The quantitative estimate of drug-likeness (QED) is 0.570. The van der Waals surface area contributed by atoms with Crippen LogP contribution in [0.4, 0.5) is 0 Å². The van der Waals surface area contributed by atoms with Crippen molar-refractivity contribution in [2.24, 2.45) is 10.9 Å². The smallest absolute Gasteiger partial charge is 0.191 e. The molecule has 5 nitrogen and oxygen atoms in total. The molecule has 1 rings (SSSR count). The molecule has 1 heterocycles. The van der Waals surface area contributed by atoms with Gasteiger partial charge in [0.15, 0.2) is 5.96 Å². The van der Waals surface area contributed by atoms with Gasteiger partial charge in [0, 0.05) is 31.7 Å². The minimum absolute atomic E-state index is 0.423. The van der Waals surface area contributed by atoms with E-state index < -0.39 is 0 Å². The van der Waals surface area contributed by atoms with Crippen molar-refractivity contribution in [2.75, 3.05) is 39.4 Å². The summed E-state index contributed by atoms with van der Waals surface area (Å²) in [7, 11) is 0. The lowest BCUT2D eigenvalue weighted by Gasteiger charge is -2.31. The molecule has 1 aliphatic heterocycles. The molecule has 0 amide bonds. The van der Waals surface area contributed by atoms with Gasteiger partial charge in [-0.05, 0) is 26.7 Å². The Morgan fingerprint density at radius 1 is 1.20 bits per heavy atom. The summed E-state index contributed by atoms with van der Waals surface area (Å²) in [6.45, 7) is 16.4. The van der Waals surface area contributed by atoms with Crippen LogP contribution < -0.4 is 10.6 Å². The van der Waals surface area contributed by atoms with Crippen molar-refractivity contribution in [3.63, 3.8) is 0 Å². The highest BCUT2D eigenvalue weighted by molar-refractivity contribution is 5.80. The number of aliphatic imine (C=N–C) groups is 1. The van der Waals surface area contributed by atoms with Gasteiger partial charge >= 0.3 is 0 Å². The van der Waals surface area contributed by atoms with E-state index in [9.17, 15) is 0 Å². The van der Waals surface area contributed by atoms with Crippen molar-refractivity contribution in [1.82, 2.24) is 15.5 Å². The van der Waals surface area contributed by atoms with E-state index in [-0.39, 0.29) is 0 Å². The molecule has 0 bridgehead atoms. The van der Waals surface area contributed by atoms with Gasteiger partial charge in [0.2, 0.25) is 0 Å². The van der Waals surface area contributed by atoms with Gasteiger partial charge in [0.1, 0.15) is 0 Å². The molecule has 1 aliphatic rings. The molecule has 0 aromatic heterocycles. The molecule has 5 heteroatoms. The first-order valence-corrected chi connectivity index (χ1v) is 7.91. The summed E-state index contributed by atoms with van der Waals surface area (Å²) in [5, 5.41) is 6.79. The van der Waals surface area contributed by atoms with Crippen LogP contribution in [0.25, 0.3) is 0 Å². The number of nitrogens with zero attached hydrogens (tertiary/aromatic N) is 2. The van der Waals surface area contributed by atoms with Crippen LogP contribution in [0.2, 0.25) is 0 Å². The Morgan fingerprint density at radius 2 is 1.85 bits per heavy atom. The molecule has 0 aromatic rings. The fourth-order valence-corrected chi connectivity index (χ4v) is 2.06. The van der Waals surface area contributed by atoms with Crippen LogP contribution in [0.1, 0.15) is 34.6 Å². The topological polar surface area (TPSA) is 48.9 Å². The molecule has 1 fully saturated rings. The second-order valence-electron chi connectivity index (χ2n) is 5.89. The first-order chi connectivity index (χ1) is 9.54. The predicted octanol–water partition coefficient (Wildman–Crippen LogP) is 1.31. The maximum atomic E-state index is 5.39. The second-order valence-corrected chi connectivity index (χ2v) is 5.89. The van der Waals surface area contributed by atoms with Crippen LogP contribution in [-0.4, -0.2) is 62.3 Å². The number of nitrogens with one attached hydrogen (secondary N) is 2. The summed E-state index contributed by atoms with van der Waals surface area (Å²) >= 11 is 0. The van der Waals surface area contributed by atoms with Crippen LogP contribution in [0.15, 0.2) is 4.99 Å². The second kappa shape index (κ2) is 9.19. The van der Waals surface area contributed by atoms with Gasteiger partial charge < -0.3 is 15.4 Å². The molecule has 1 saturated heterocycles. The molecular weight excluding hydrogens is 252 g/mol. The highest BCUT2D eigenvalue weighted by Crippen LogP contribution is 2.04. The highest BCUT2D eigenvalue weighted by Gasteiger charge is 2.17. The van der Waals surface area contributed by atoms with Gasteiger partial charge in [0.05, 0.1) is 19.8 Å². The Balaban J connectivity index is 2.48. The highest BCUT2D eigenvalue weighted by atomic mass is 16.5. The summed E-state index contributed by atoms with van der Waals surface area (Å²) in [5.74, 6) is 1.52. The molecule has 118 valence electrons. The first kappa shape index (κ1) is 17.2. The van der Waals surface area contributed by atoms with E-state index in [2.05, 4.69) is 50.2 Å². The lowest BCUT2D eigenvalue weighted by Crippen LogP contribution is -2.46. The van der Waals surface area contributed by atoms with E-state index in [1.54, 1.807) is 0 Å². The minimum atomic E-state index is 0.423. The normalized spacial score (nSPS) is 20.8. The number of rotatable bonds is 6. The SMILES string of the molecule is CCNC(=NCC(C)N1CCOCC1)NC(C)C(C)C. The minimum Gasteiger partial charge on any atom is -0.379 e. The van der Waals surface area contributed by atoms with Crippen LogP contribution in [0.3, 0.4) is 0 Å². The Hall–Kier alpha value is -0.810. The van der Waals surface area contributed by atoms with Gasteiger partial charge in [-0.1, -0.05) is 13.8 Å². The van der Waals surface area contributed by atoms with Gasteiger partial charge in [-0.15, -0.1) is 0 Å². The average Bonchev–Trinajstić information content (AvgIpc) is 2.45. The number of ether oxygens (including phenoxy) is 1. The van der Waals surface area contributed by atoms with Crippen molar-refractivity contribution in [1.29, 1.82) is 0 Å². The van der Waals surface area contributed by atoms with Crippen molar-refractivity contribution in [2.45, 2.75) is 46.7 Å². The largest absolute Gasteiger partial charge is 0.379 e. The summed E-state index contributed by atoms with van der Waals surface area (Å²) < 4.78 is 5.39. The molecular formula is C15H32N4O. The number of hydrogen-bond donors (Lipinski definition) is 2. The Morgan fingerprint density at radius 3 is 2.40 bits per heavy atom. The summed E-state index contributed by atoms with van der Waals surface area (Å²) in [6, 6.07) is 0.884. The van der Waals surface area contributed by atoms with Gasteiger partial charge in [-0.25, -0.2) is 0 Å². The van der Waals surface area contributed by atoms with E-state index in [4.69, 9.17) is 9.73 Å². The van der Waals surface area contributed by atoms with Crippen LogP contribution in [0.5, 0.6) is 0 Å². The Kier molecular flexibility index (Phi) is 7.92. The average molecular weight is 284 g/mol. The zero-order valence-corrected chi connectivity index (χ0v) is 13.8. The summed E-state index contributed by atoms with van der Waals surface area (Å²) in [4.78, 5) is 7.17. The van der Waals surface area contributed by atoms with E-state index >= 15 is 0 Å². The van der Waals surface area contributed by atoms with Crippen molar-refractivity contribution in [3.8, 4) is 0 Å². The molecule has 2 N–H and O–H groups in total. The zero-order valence-electron chi connectivity index (χ0n) is 13.8. The Labute approximate surface area is 124 Å². The lowest BCUT2D eigenvalue weighted by atomic mass is 10.1. The van der Waals surface area contributed by atoms with Crippen molar-refractivity contribution in [3.05, 3.63) is 0 Å². The molecule has 20 heavy (non-hydrogen) atoms. The van der Waals surface area contributed by atoms with E-state index in [0.29, 0.717) is 18.0 Å². The van der Waals surface area contributed by atoms with Gasteiger partial charge in [-0.3, -0.25) is 9.89 Å². The van der Waals surface area contributed by atoms with E-state index in [1.165, 1.54) is 0 Å². The molecule has 0 saturated carbocycles. The van der Waals surface area contributed by atoms with Crippen molar-refractivity contribution >= 4 is 5.96 Å². The van der Waals surface area contributed by atoms with Gasteiger partial charge in [-0.2, -0.15) is 0 Å². The molecule has 2 unspecified atom stereocenters. The zero-order chi connectivity index (χ0) is 15.0. The summed E-state index contributed by atoms with van der Waals surface area (Å²) in [5.41, 5.74) is 0. The molecule has 0 spiro atoms. The monoisotopic (exact) mass is 284 g/mol. The molecule has 0 radical (unpaired) electrons. The molecule has 0 aromatic carbocycles. The Bertz CT molecular complexity index is 288. The third-order valence-electron chi connectivity index (χ3n) is 3.89. The first-order valence-electron chi connectivity index (χ1n) is 7.91. The third-order valence-corrected chi connectivity index (χ3v) is 3.89. The predicted molar refractivity (Wildman–Crippen MR) is 85.3 cm³/mol. The number of hydrogen-bond acceptors (Lipinski definition) is 3. The lowest BCUT2D eigenvalue weighted by molar-refractivity contribution is 0.0220. The fourth-order valence-electron chi connectivity index (χ4n) is 2.06. The standard InChI is InChI=1S/C15H32N4O/c1-6-16-15(18-14(5)12(2)3)17-11-13(4)19-7-9-20-10-8-19/h12-14H,6-11H2,1-5H3,(H2,16,17,18). The van der Waals surface area contributed by atoms with Crippen LogP contribution >= 0.6 is 0 Å². The van der Waals surface area contributed by atoms with Crippen LogP contribution in [-0.2, 0) is 4.74 Å². The fraction of sp³-hybridized carbons (Fsp3) is 0.933. The third kappa shape index (κ3) is 6.09. The maximum Gasteiger partial charge on any atom is 0.191 e. The molecule has 2 atom stereocenters. The van der Waals surface area contributed by atoms with Crippen molar-refractivity contribution < 1.29 is 4.74 Å². The number of morpholine rings is 1. The van der Waals surface area contributed by atoms with Gasteiger partial charge in [0.25, 0.3) is 0 Å². The number of guanidine groups is 1. The molecule has 0 aliphatic carbocycles. The summed E-state index contributed by atoms with van der Waals surface area (Å²) in [6.07, 6.45) is 0. The van der Waals surface area contributed by atoms with Crippen LogP contribution in [0, 0.1) is 5.92 Å². The van der Waals surface area contributed by atoms with E-state index in [1.807, 2.05) is 0 Å².